The largest absolute Gasteiger partial charge is 0.331 e. The molecule has 0 atom stereocenters. The zero-order valence-electron chi connectivity index (χ0n) is 16.9. The molecule has 4 aromatic rings. The Morgan fingerprint density at radius 3 is 2.28 bits per heavy atom. The molecule has 0 bridgehead atoms. The molecule has 0 saturated carbocycles. The van der Waals surface area contributed by atoms with E-state index in [4.69, 9.17) is 0 Å². The van der Waals surface area contributed by atoms with Crippen LogP contribution in [0.5, 0.6) is 0 Å². The third-order valence-electron chi connectivity index (χ3n) is 5.46. The van der Waals surface area contributed by atoms with Gasteiger partial charge in [0.15, 0.2) is 0 Å². The molecule has 4 rings (SSSR count). The monoisotopic (exact) mass is 404 g/mol. The first-order valence-corrected chi connectivity index (χ1v) is 10.6. The van der Waals surface area contributed by atoms with Gasteiger partial charge in [0.05, 0.1) is 12.1 Å². The van der Waals surface area contributed by atoms with Crippen molar-refractivity contribution in [3.63, 3.8) is 0 Å². The van der Waals surface area contributed by atoms with Crippen molar-refractivity contribution in [1.82, 2.24) is 9.13 Å². The molecular formula is C24H24N2O2S. The molecule has 0 aliphatic heterocycles. The fourth-order valence-corrected chi connectivity index (χ4v) is 4.83. The number of aryl methyl sites for hydroxylation is 4. The number of thiophene rings is 1. The molecule has 0 radical (unpaired) electrons. The highest BCUT2D eigenvalue weighted by Crippen LogP contribution is 2.21. The van der Waals surface area contributed by atoms with Crippen LogP contribution in [0.3, 0.4) is 0 Å². The van der Waals surface area contributed by atoms with Crippen LogP contribution in [0.15, 0.2) is 63.5 Å². The van der Waals surface area contributed by atoms with E-state index in [0.29, 0.717) is 24.2 Å². The van der Waals surface area contributed by atoms with Gasteiger partial charge in [-0.15, -0.1) is 11.3 Å². The van der Waals surface area contributed by atoms with E-state index in [1.54, 1.807) is 4.57 Å². The summed E-state index contributed by atoms with van der Waals surface area (Å²) in [6, 6.07) is 16.1. The van der Waals surface area contributed by atoms with Gasteiger partial charge in [-0.3, -0.25) is 13.9 Å². The zero-order chi connectivity index (χ0) is 20.5. The van der Waals surface area contributed by atoms with Gasteiger partial charge >= 0.3 is 5.69 Å². The molecular weight excluding hydrogens is 380 g/mol. The molecule has 0 unspecified atom stereocenters. The van der Waals surface area contributed by atoms with E-state index in [1.807, 2.05) is 41.8 Å². The molecule has 0 spiro atoms. The van der Waals surface area contributed by atoms with Crippen LogP contribution >= 0.6 is 11.3 Å². The van der Waals surface area contributed by atoms with E-state index in [1.165, 1.54) is 32.6 Å². The molecule has 5 heteroatoms. The van der Waals surface area contributed by atoms with Crippen LogP contribution < -0.4 is 11.2 Å². The SMILES string of the molecule is Cc1cc(C)c(Cn2c(=O)n(CCc3ccccc3)c(=O)c3sccc32)c(C)c1. The van der Waals surface area contributed by atoms with Crippen LogP contribution in [-0.2, 0) is 19.5 Å². The van der Waals surface area contributed by atoms with Crippen LogP contribution in [0.1, 0.15) is 27.8 Å². The number of fused-ring (bicyclic) bond motifs is 1. The lowest BCUT2D eigenvalue weighted by Gasteiger charge is -2.16. The van der Waals surface area contributed by atoms with Crippen molar-refractivity contribution >= 4 is 21.6 Å². The minimum Gasteiger partial charge on any atom is -0.288 e. The second kappa shape index (κ2) is 7.84. The van der Waals surface area contributed by atoms with E-state index in [2.05, 4.69) is 32.9 Å². The summed E-state index contributed by atoms with van der Waals surface area (Å²) < 4.78 is 3.79. The Hall–Kier alpha value is -2.92. The van der Waals surface area contributed by atoms with Crippen LogP contribution in [-0.4, -0.2) is 9.13 Å². The second-order valence-electron chi connectivity index (χ2n) is 7.57. The molecule has 0 N–H and O–H groups in total. The smallest absolute Gasteiger partial charge is 0.288 e. The highest BCUT2D eigenvalue weighted by atomic mass is 32.1. The molecule has 0 aliphatic carbocycles. The Morgan fingerprint density at radius 2 is 1.59 bits per heavy atom. The van der Waals surface area contributed by atoms with Gasteiger partial charge in [0, 0.05) is 6.54 Å². The van der Waals surface area contributed by atoms with E-state index in [9.17, 15) is 9.59 Å². The van der Waals surface area contributed by atoms with Crippen molar-refractivity contribution in [3.8, 4) is 0 Å². The molecule has 4 nitrogen and oxygen atoms in total. The van der Waals surface area contributed by atoms with Gasteiger partial charge in [-0.1, -0.05) is 48.0 Å². The number of hydrogen-bond acceptors (Lipinski definition) is 3. The summed E-state index contributed by atoms with van der Waals surface area (Å²) in [6.45, 7) is 7.08. The first-order chi connectivity index (χ1) is 14.0. The van der Waals surface area contributed by atoms with Crippen molar-refractivity contribution in [3.05, 3.63) is 103 Å². The molecule has 0 fully saturated rings. The van der Waals surface area contributed by atoms with Crippen molar-refractivity contribution in [2.24, 2.45) is 0 Å². The molecule has 29 heavy (non-hydrogen) atoms. The lowest BCUT2D eigenvalue weighted by molar-refractivity contribution is 0.590. The third-order valence-corrected chi connectivity index (χ3v) is 6.35. The second-order valence-corrected chi connectivity index (χ2v) is 8.49. The summed E-state index contributed by atoms with van der Waals surface area (Å²) >= 11 is 1.40. The van der Waals surface area contributed by atoms with Gasteiger partial charge < -0.3 is 0 Å². The molecule has 2 aromatic carbocycles. The van der Waals surface area contributed by atoms with E-state index in [0.717, 1.165) is 16.6 Å². The fourth-order valence-electron chi connectivity index (χ4n) is 3.99. The van der Waals surface area contributed by atoms with Gasteiger partial charge in [0.1, 0.15) is 4.70 Å². The number of nitrogens with zero attached hydrogens (tertiary/aromatic N) is 2. The quantitative estimate of drug-likeness (QED) is 0.494. The van der Waals surface area contributed by atoms with Crippen molar-refractivity contribution in [2.45, 2.75) is 40.3 Å². The number of hydrogen-bond donors (Lipinski definition) is 0. The predicted octanol–water partition coefficient (Wildman–Crippen LogP) is 4.44. The molecule has 148 valence electrons. The predicted molar refractivity (Wildman–Crippen MR) is 120 cm³/mol. The first-order valence-electron chi connectivity index (χ1n) is 9.77. The minimum atomic E-state index is -0.240. The van der Waals surface area contributed by atoms with Crippen LogP contribution in [0.4, 0.5) is 0 Å². The van der Waals surface area contributed by atoms with Gasteiger partial charge in [-0.2, -0.15) is 0 Å². The van der Waals surface area contributed by atoms with Crippen LogP contribution in [0.25, 0.3) is 10.2 Å². The Morgan fingerprint density at radius 1 is 0.897 bits per heavy atom. The summed E-state index contributed by atoms with van der Waals surface area (Å²) in [4.78, 5) is 26.3. The number of benzene rings is 2. The number of rotatable bonds is 5. The molecule has 0 amide bonds. The Balaban J connectivity index is 1.81. The summed E-state index contributed by atoms with van der Waals surface area (Å²) in [5.74, 6) is 0. The van der Waals surface area contributed by atoms with E-state index >= 15 is 0 Å². The van der Waals surface area contributed by atoms with Crippen LogP contribution in [0, 0.1) is 20.8 Å². The zero-order valence-corrected chi connectivity index (χ0v) is 17.8. The Kier molecular flexibility index (Phi) is 5.24. The summed E-state index contributed by atoms with van der Waals surface area (Å²) in [6.07, 6.45) is 0.648. The molecule has 0 aliphatic rings. The Labute approximate surface area is 173 Å². The highest BCUT2D eigenvalue weighted by molar-refractivity contribution is 7.17. The summed E-state index contributed by atoms with van der Waals surface area (Å²) in [7, 11) is 0. The van der Waals surface area contributed by atoms with Gasteiger partial charge in [-0.05, 0) is 60.9 Å². The van der Waals surface area contributed by atoms with Gasteiger partial charge in [0.2, 0.25) is 0 Å². The maximum absolute atomic E-state index is 13.3. The van der Waals surface area contributed by atoms with Crippen molar-refractivity contribution in [2.75, 3.05) is 0 Å². The normalized spacial score (nSPS) is 11.3. The summed E-state index contributed by atoms with van der Waals surface area (Å²) in [5, 5.41) is 1.89. The maximum Gasteiger partial charge on any atom is 0.331 e. The average molecular weight is 405 g/mol. The minimum absolute atomic E-state index is 0.190. The standard InChI is InChI=1S/C24H24N2O2S/c1-16-13-17(2)20(18(3)14-16)15-26-21-10-12-29-22(21)23(27)25(24(26)28)11-9-19-7-5-4-6-8-19/h4-8,10,12-14H,9,11,15H2,1-3H3. The van der Waals surface area contributed by atoms with Gasteiger partial charge in [-0.25, -0.2) is 4.79 Å². The first kappa shape index (κ1) is 19.4. The molecule has 2 aromatic heterocycles. The van der Waals surface area contributed by atoms with Crippen LogP contribution in [0.2, 0.25) is 0 Å². The number of aromatic nitrogens is 2. The highest BCUT2D eigenvalue weighted by Gasteiger charge is 2.16. The fraction of sp³-hybridized carbons (Fsp3) is 0.250. The molecule has 0 saturated heterocycles. The van der Waals surface area contributed by atoms with Crippen molar-refractivity contribution in [1.29, 1.82) is 0 Å². The van der Waals surface area contributed by atoms with E-state index < -0.39 is 0 Å². The third kappa shape index (κ3) is 3.70. The Bertz CT molecular complexity index is 1270. The van der Waals surface area contributed by atoms with Crippen molar-refractivity contribution < 1.29 is 0 Å². The summed E-state index contributed by atoms with van der Waals surface area (Å²) in [5.41, 5.74) is 6.09. The maximum atomic E-state index is 13.3. The van der Waals surface area contributed by atoms with E-state index in [-0.39, 0.29) is 11.2 Å². The lowest BCUT2D eigenvalue weighted by Crippen LogP contribution is -2.40. The average Bonchev–Trinajstić information content (AvgIpc) is 3.17. The topological polar surface area (TPSA) is 44.0 Å². The lowest BCUT2D eigenvalue weighted by atomic mass is 10.00. The molecule has 2 heterocycles. The van der Waals surface area contributed by atoms with Gasteiger partial charge in [0.25, 0.3) is 5.56 Å².